The van der Waals surface area contributed by atoms with Crippen molar-refractivity contribution >= 4 is 41.0 Å². The molecule has 192 valence electrons. The smallest absolute Gasteiger partial charge is 0.266 e. The van der Waals surface area contributed by atoms with Gasteiger partial charge in [0.15, 0.2) is 11.5 Å². The number of methoxy groups -OCH3 is 4. The summed E-state index contributed by atoms with van der Waals surface area (Å²) in [5, 5.41) is 2.43. The van der Waals surface area contributed by atoms with Crippen molar-refractivity contribution < 1.29 is 28.5 Å². The van der Waals surface area contributed by atoms with Gasteiger partial charge in [0.05, 0.1) is 39.0 Å². The molecule has 0 aromatic heterocycles. The van der Waals surface area contributed by atoms with Crippen LogP contribution >= 0.6 is 11.8 Å². The normalized spacial score (nSPS) is 16.0. The molecule has 37 heavy (non-hydrogen) atoms. The van der Waals surface area contributed by atoms with Crippen LogP contribution in [0.5, 0.6) is 23.0 Å². The summed E-state index contributed by atoms with van der Waals surface area (Å²) >= 11 is 1.43. The molecule has 1 aliphatic heterocycles. The molecule has 1 N–H and O–H groups in total. The van der Waals surface area contributed by atoms with E-state index in [0.717, 1.165) is 11.1 Å². The number of hydrogen-bond acceptors (Lipinski definition) is 7. The molecule has 0 aliphatic carbocycles. The van der Waals surface area contributed by atoms with Gasteiger partial charge in [0.1, 0.15) is 11.1 Å². The van der Waals surface area contributed by atoms with Gasteiger partial charge < -0.3 is 24.3 Å². The zero-order valence-electron chi connectivity index (χ0n) is 21.2. The highest BCUT2D eigenvalue weighted by molar-refractivity contribution is 8.05. The van der Waals surface area contributed by atoms with E-state index in [1.165, 1.54) is 18.7 Å². The number of carbonyl (C=O) groups is 2. The summed E-state index contributed by atoms with van der Waals surface area (Å²) in [5.41, 5.74) is 2.78. The summed E-state index contributed by atoms with van der Waals surface area (Å²) in [7, 11) is 6.19. The van der Waals surface area contributed by atoms with E-state index in [0.29, 0.717) is 39.3 Å². The van der Waals surface area contributed by atoms with Gasteiger partial charge in [-0.3, -0.25) is 14.5 Å². The fourth-order valence-corrected chi connectivity index (χ4v) is 5.36. The zero-order valence-corrected chi connectivity index (χ0v) is 22.0. The first kappa shape index (κ1) is 26.0. The lowest BCUT2D eigenvalue weighted by molar-refractivity contribution is -0.115. The van der Waals surface area contributed by atoms with Crippen molar-refractivity contribution in [1.82, 2.24) is 0 Å². The number of nitrogens with one attached hydrogen (secondary N) is 1. The zero-order chi connectivity index (χ0) is 26.5. The lowest BCUT2D eigenvalue weighted by Gasteiger charge is -2.26. The van der Waals surface area contributed by atoms with E-state index in [9.17, 15) is 9.59 Å². The van der Waals surface area contributed by atoms with Gasteiger partial charge in [-0.15, -0.1) is 0 Å². The Morgan fingerprint density at radius 2 is 1.54 bits per heavy atom. The predicted octanol–water partition coefficient (Wildman–Crippen LogP) is 5.50. The fourth-order valence-electron chi connectivity index (χ4n) is 4.11. The second-order valence-corrected chi connectivity index (χ2v) is 9.21. The third-order valence-electron chi connectivity index (χ3n) is 5.73. The summed E-state index contributed by atoms with van der Waals surface area (Å²) < 4.78 is 22.0. The Hall–Kier alpha value is -4.11. The topological polar surface area (TPSA) is 86.3 Å². The number of ether oxygens (including phenoxy) is 4. The summed E-state index contributed by atoms with van der Waals surface area (Å²) in [6, 6.07) is 18.6. The predicted molar refractivity (Wildman–Crippen MR) is 146 cm³/mol. The molecule has 1 unspecified atom stereocenters. The van der Waals surface area contributed by atoms with Gasteiger partial charge in [-0.05, 0) is 47.5 Å². The minimum absolute atomic E-state index is 0.203. The molecule has 1 aliphatic rings. The minimum atomic E-state index is -0.358. The van der Waals surface area contributed by atoms with E-state index >= 15 is 0 Å². The third kappa shape index (κ3) is 5.36. The Balaban J connectivity index is 1.84. The van der Waals surface area contributed by atoms with Crippen LogP contribution in [0.15, 0.2) is 65.6 Å². The van der Waals surface area contributed by atoms with E-state index in [4.69, 9.17) is 18.9 Å². The van der Waals surface area contributed by atoms with Crippen molar-refractivity contribution in [1.29, 1.82) is 0 Å². The highest BCUT2D eigenvalue weighted by atomic mass is 32.2. The molecule has 4 rings (SSSR count). The molecule has 0 radical (unpaired) electrons. The van der Waals surface area contributed by atoms with E-state index in [1.807, 2.05) is 30.3 Å². The largest absolute Gasteiger partial charge is 0.495 e. The number of benzene rings is 3. The van der Waals surface area contributed by atoms with Crippen molar-refractivity contribution in [3.63, 3.8) is 0 Å². The molecule has 0 saturated carbocycles. The number of anilines is 2. The Morgan fingerprint density at radius 3 is 2.11 bits per heavy atom. The van der Waals surface area contributed by atoms with Crippen LogP contribution in [-0.2, 0) is 9.59 Å². The third-order valence-corrected chi connectivity index (χ3v) is 6.98. The van der Waals surface area contributed by atoms with Crippen molar-refractivity contribution in [2.75, 3.05) is 38.7 Å². The number of rotatable bonds is 8. The van der Waals surface area contributed by atoms with Crippen LogP contribution in [0.1, 0.15) is 23.4 Å². The van der Waals surface area contributed by atoms with Crippen molar-refractivity contribution in [3.05, 3.63) is 76.7 Å². The average Bonchev–Trinajstić information content (AvgIpc) is 3.23. The van der Waals surface area contributed by atoms with Crippen LogP contribution in [0.4, 0.5) is 11.4 Å². The van der Waals surface area contributed by atoms with Crippen LogP contribution in [-0.4, -0.2) is 40.3 Å². The van der Waals surface area contributed by atoms with Gasteiger partial charge in [-0.1, -0.05) is 42.1 Å². The molecule has 3 aromatic rings. The Kier molecular flexibility index (Phi) is 7.93. The van der Waals surface area contributed by atoms with Gasteiger partial charge in [-0.25, -0.2) is 0 Å². The Bertz CT molecular complexity index is 1320. The summed E-state index contributed by atoms with van der Waals surface area (Å²) in [6.45, 7) is 1.44. The standard InChI is InChI=1S/C28H28N2O6S/c1-17(31)29-20-11-12-22(33-2)21(16-20)30-27(32)25(37-28(30)19-9-7-6-8-10-19)15-18-13-23(34-3)26(36-5)24(14-18)35-4/h6-16,28H,1-5H3,(H,29,31)/b25-15-. The van der Waals surface area contributed by atoms with Crippen molar-refractivity contribution in [3.8, 4) is 23.0 Å². The van der Waals surface area contributed by atoms with E-state index < -0.39 is 0 Å². The molecular formula is C28H28N2O6S. The molecule has 1 saturated heterocycles. The van der Waals surface area contributed by atoms with Crippen LogP contribution in [0.25, 0.3) is 6.08 Å². The Morgan fingerprint density at radius 1 is 0.892 bits per heavy atom. The molecule has 0 bridgehead atoms. The van der Waals surface area contributed by atoms with E-state index in [1.54, 1.807) is 69.7 Å². The maximum Gasteiger partial charge on any atom is 0.266 e. The van der Waals surface area contributed by atoms with Crippen molar-refractivity contribution in [2.24, 2.45) is 0 Å². The highest BCUT2D eigenvalue weighted by Gasteiger charge is 2.39. The molecule has 1 fully saturated rings. The van der Waals surface area contributed by atoms with Gasteiger partial charge in [0.25, 0.3) is 5.91 Å². The second kappa shape index (κ2) is 11.3. The number of nitrogens with zero attached hydrogens (tertiary/aromatic N) is 1. The van der Waals surface area contributed by atoms with Gasteiger partial charge in [0, 0.05) is 12.6 Å². The first-order chi connectivity index (χ1) is 17.9. The quantitative estimate of drug-likeness (QED) is 0.393. The molecule has 2 amide bonds. The lowest BCUT2D eigenvalue weighted by atomic mass is 10.1. The van der Waals surface area contributed by atoms with Crippen LogP contribution in [0.3, 0.4) is 0 Å². The van der Waals surface area contributed by atoms with E-state index in [-0.39, 0.29) is 17.2 Å². The summed E-state index contributed by atoms with van der Waals surface area (Å²) in [4.78, 5) is 27.8. The molecule has 9 heteroatoms. The maximum atomic E-state index is 13.9. The van der Waals surface area contributed by atoms with E-state index in [2.05, 4.69) is 5.32 Å². The maximum absolute atomic E-state index is 13.9. The summed E-state index contributed by atoms with van der Waals surface area (Å²) in [6.07, 6.45) is 1.80. The molecule has 8 nitrogen and oxygen atoms in total. The first-order valence-electron chi connectivity index (χ1n) is 11.4. The molecule has 0 spiro atoms. The van der Waals surface area contributed by atoms with Crippen LogP contribution < -0.4 is 29.2 Å². The highest BCUT2D eigenvalue weighted by Crippen LogP contribution is 2.51. The van der Waals surface area contributed by atoms with Gasteiger partial charge in [0.2, 0.25) is 11.7 Å². The molecular weight excluding hydrogens is 492 g/mol. The first-order valence-corrected chi connectivity index (χ1v) is 12.3. The molecule has 1 atom stereocenters. The second-order valence-electron chi connectivity index (χ2n) is 8.09. The monoisotopic (exact) mass is 520 g/mol. The summed E-state index contributed by atoms with van der Waals surface area (Å²) in [5.74, 6) is 1.56. The fraction of sp³-hybridized carbons (Fsp3) is 0.214. The Labute approximate surface area is 220 Å². The van der Waals surface area contributed by atoms with Crippen LogP contribution in [0, 0.1) is 0 Å². The molecule has 1 heterocycles. The number of carbonyl (C=O) groups excluding carboxylic acids is 2. The van der Waals surface area contributed by atoms with Gasteiger partial charge >= 0.3 is 0 Å². The van der Waals surface area contributed by atoms with Crippen molar-refractivity contribution in [2.45, 2.75) is 12.3 Å². The number of thioether (sulfide) groups is 1. The lowest BCUT2D eigenvalue weighted by Crippen LogP contribution is -2.28. The molecule has 3 aromatic carbocycles. The SMILES string of the molecule is COc1ccc(NC(C)=O)cc1N1C(=O)/C(=C/c2cc(OC)c(OC)c(OC)c2)SC1c1ccccc1. The minimum Gasteiger partial charge on any atom is -0.495 e. The average molecular weight is 521 g/mol. The van der Waals surface area contributed by atoms with Crippen LogP contribution in [0.2, 0.25) is 0 Å². The number of hydrogen-bond donors (Lipinski definition) is 1. The van der Waals surface area contributed by atoms with Gasteiger partial charge in [-0.2, -0.15) is 0 Å². The number of amides is 2.